The van der Waals surface area contributed by atoms with Crippen molar-refractivity contribution in [1.82, 2.24) is 5.32 Å². The molecule has 1 N–H and O–H groups in total. The fraction of sp³-hybridized carbons (Fsp3) is 0.667. The standard InChI is InChI=1S/C21H31NO2/c1-24-19-11-9-18(10-12-19)21(13-5-6-14-21)16-22-20(23)15-17-7-3-2-4-8-17/h9-12,17H,2-8,13-16H2,1H3,(H,22,23). The Bertz CT molecular complexity index is 525. The molecule has 0 radical (unpaired) electrons. The summed E-state index contributed by atoms with van der Waals surface area (Å²) in [5, 5.41) is 3.27. The Kier molecular flexibility index (Phi) is 5.80. The van der Waals surface area contributed by atoms with Crippen molar-refractivity contribution in [3.05, 3.63) is 29.8 Å². The fourth-order valence-corrected chi connectivity index (χ4v) is 4.56. The molecule has 1 aromatic rings. The van der Waals surface area contributed by atoms with Crippen LogP contribution in [0.15, 0.2) is 24.3 Å². The van der Waals surface area contributed by atoms with E-state index in [2.05, 4.69) is 17.4 Å². The van der Waals surface area contributed by atoms with Gasteiger partial charge in [-0.1, -0.05) is 44.2 Å². The molecule has 0 spiro atoms. The highest BCUT2D eigenvalue weighted by molar-refractivity contribution is 5.76. The zero-order valence-electron chi connectivity index (χ0n) is 15.0. The van der Waals surface area contributed by atoms with Gasteiger partial charge in [-0.15, -0.1) is 0 Å². The minimum absolute atomic E-state index is 0.120. The van der Waals surface area contributed by atoms with Crippen LogP contribution in [0.25, 0.3) is 0 Å². The van der Waals surface area contributed by atoms with E-state index in [0.29, 0.717) is 5.92 Å². The van der Waals surface area contributed by atoms with Crippen molar-refractivity contribution in [3.8, 4) is 5.75 Å². The molecule has 0 aliphatic heterocycles. The summed E-state index contributed by atoms with van der Waals surface area (Å²) in [5.41, 5.74) is 1.47. The second-order valence-corrected chi connectivity index (χ2v) is 7.70. The third kappa shape index (κ3) is 4.12. The first kappa shape index (κ1) is 17.3. The first-order valence-corrected chi connectivity index (χ1v) is 9.63. The predicted molar refractivity (Wildman–Crippen MR) is 97.3 cm³/mol. The Labute approximate surface area is 146 Å². The number of ether oxygens (including phenoxy) is 1. The molecular weight excluding hydrogens is 298 g/mol. The van der Waals surface area contributed by atoms with Crippen LogP contribution in [-0.2, 0) is 10.2 Å². The van der Waals surface area contributed by atoms with Crippen LogP contribution in [0.2, 0.25) is 0 Å². The maximum absolute atomic E-state index is 12.4. The molecule has 132 valence electrons. The number of benzene rings is 1. The average molecular weight is 329 g/mol. The topological polar surface area (TPSA) is 38.3 Å². The number of carbonyl (C=O) groups is 1. The van der Waals surface area contributed by atoms with Crippen LogP contribution in [0.4, 0.5) is 0 Å². The van der Waals surface area contributed by atoms with E-state index in [-0.39, 0.29) is 11.3 Å². The number of nitrogens with one attached hydrogen (secondary N) is 1. The molecule has 2 aliphatic carbocycles. The summed E-state index contributed by atoms with van der Waals surface area (Å²) < 4.78 is 5.28. The van der Waals surface area contributed by atoms with Gasteiger partial charge in [0.25, 0.3) is 0 Å². The van der Waals surface area contributed by atoms with E-state index in [1.807, 2.05) is 12.1 Å². The number of hydrogen-bond donors (Lipinski definition) is 1. The van der Waals surface area contributed by atoms with Crippen LogP contribution in [0.1, 0.15) is 69.8 Å². The lowest BCUT2D eigenvalue weighted by molar-refractivity contribution is -0.122. The number of hydrogen-bond acceptors (Lipinski definition) is 2. The molecule has 3 heteroatoms. The van der Waals surface area contributed by atoms with E-state index >= 15 is 0 Å². The predicted octanol–water partition coefficient (Wildman–Crippen LogP) is 4.59. The summed E-state index contributed by atoms with van der Waals surface area (Å²) in [6, 6.07) is 8.44. The Morgan fingerprint density at radius 1 is 1.08 bits per heavy atom. The number of amides is 1. The first-order chi connectivity index (χ1) is 11.7. The molecule has 3 rings (SSSR count). The summed E-state index contributed by atoms with van der Waals surface area (Å²) in [6.07, 6.45) is 12.0. The summed E-state index contributed by atoms with van der Waals surface area (Å²) in [7, 11) is 1.70. The van der Waals surface area contributed by atoms with Gasteiger partial charge in [0.2, 0.25) is 5.91 Å². The lowest BCUT2D eigenvalue weighted by Gasteiger charge is -2.30. The van der Waals surface area contributed by atoms with Crippen LogP contribution in [0, 0.1) is 5.92 Å². The zero-order chi connectivity index (χ0) is 16.8. The maximum atomic E-state index is 12.4. The minimum atomic E-state index is 0.120. The van der Waals surface area contributed by atoms with E-state index < -0.39 is 0 Å². The normalized spacial score (nSPS) is 20.7. The van der Waals surface area contributed by atoms with Gasteiger partial charge in [-0.05, 0) is 49.3 Å². The number of carbonyl (C=O) groups excluding carboxylic acids is 1. The fourth-order valence-electron chi connectivity index (χ4n) is 4.56. The summed E-state index contributed by atoms with van der Waals surface area (Å²) in [5.74, 6) is 1.76. The molecule has 0 heterocycles. The lowest BCUT2D eigenvalue weighted by Crippen LogP contribution is -2.39. The van der Waals surface area contributed by atoms with Crippen molar-refractivity contribution in [2.24, 2.45) is 5.92 Å². The average Bonchev–Trinajstić information content (AvgIpc) is 3.11. The van der Waals surface area contributed by atoms with E-state index in [0.717, 1.165) is 18.7 Å². The van der Waals surface area contributed by atoms with Crippen LogP contribution in [-0.4, -0.2) is 19.6 Å². The van der Waals surface area contributed by atoms with Gasteiger partial charge in [0.05, 0.1) is 7.11 Å². The monoisotopic (exact) mass is 329 g/mol. The zero-order valence-corrected chi connectivity index (χ0v) is 15.0. The lowest BCUT2D eigenvalue weighted by atomic mass is 9.78. The third-order valence-electron chi connectivity index (χ3n) is 6.09. The van der Waals surface area contributed by atoms with E-state index in [1.165, 1.54) is 63.4 Å². The number of methoxy groups -OCH3 is 1. The Morgan fingerprint density at radius 3 is 2.38 bits per heavy atom. The van der Waals surface area contributed by atoms with Gasteiger partial charge in [-0.25, -0.2) is 0 Å². The van der Waals surface area contributed by atoms with Gasteiger partial charge in [0.15, 0.2) is 0 Å². The van der Waals surface area contributed by atoms with Crippen LogP contribution >= 0.6 is 0 Å². The SMILES string of the molecule is COc1ccc(C2(CNC(=O)CC3CCCCC3)CCCC2)cc1. The van der Waals surface area contributed by atoms with Gasteiger partial charge in [-0.3, -0.25) is 4.79 Å². The molecule has 1 amide bonds. The molecular formula is C21H31NO2. The highest BCUT2D eigenvalue weighted by atomic mass is 16.5. The number of rotatable bonds is 6. The van der Waals surface area contributed by atoms with Crippen molar-refractivity contribution in [2.75, 3.05) is 13.7 Å². The Balaban J connectivity index is 1.59. The van der Waals surface area contributed by atoms with Crippen molar-refractivity contribution in [1.29, 1.82) is 0 Å². The molecule has 0 bridgehead atoms. The maximum Gasteiger partial charge on any atom is 0.220 e. The van der Waals surface area contributed by atoms with Crippen LogP contribution < -0.4 is 10.1 Å². The smallest absolute Gasteiger partial charge is 0.220 e. The Hall–Kier alpha value is -1.51. The minimum Gasteiger partial charge on any atom is -0.497 e. The van der Waals surface area contributed by atoms with Gasteiger partial charge in [0, 0.05) is 18.4 Å². The molecule has 2 fully saturated rings. The van der Waals surface area contributed by atoms with Crippen molar-refractivity contribution in [2.45, 2.75) is 69.6 Å². The van der Waals surface area contributed by atoms with Crippen LogP contribution in [0.5, 0.6) is 5.75 Å². The molecule has 2 aliphatic rings. The van der Waals surface area contributed by atoms with Crippen molar-refractivity contribution >= 4 is 5.91 Å². The Morgan fingerprint density at radius 2 is 1.75 bits per heavy atom. The summed E-state index contributed by atoms with van der Waals surface area (Å²) in [4.78, 5) is 12.4. The second-order valence-electron chi connectivity index (χ2n) is 7.70. The molecule has 0 aromatic heterocycles. The molecule has 3 nitrogen and oxygen atoms in total. The second kappa shape index (κ2) is 8.04. The first-order valence-electron chi connectivity index (χ1n) is 9.63. The highest BCUT2D eigenvalue weighted by Crippen LogP contribution is 2.41. The van der Waals surface area contributed by atoms with E-state index in [4.69, 9.17) is 4.74 Å². The summed E-state index contributed by atoms with van der Waals surface area (Å²) in [6.45, 7) is 0.783. The van der Waals surface area contributed by atoms with Crippen LogP contribution in [0.3, 0.4) is 0 Å². The van der Waals surface area contributed by atoms with Gasteiger partial charge >= 0.3 is 0 Å². The third-order valence-corrected chi connectivity index (χ3v) is 6.09. The summed E-state index contributed by atoms with van der Waals surface area (Å²) >= 11 is 0. The molecule has 0 unspecified atom stereocenters. The van der Waals surface area contributed by atoms with Crippen molar-refractivity contribution in [3.63, 3.8) is 0 Å². The molecule has 2 saturated carbocycles. The van der Waals surface area contributed by atoms with E-state index in [1.54, 1.807) is 7.11 Å². The largest absolute Gasteiger partial charge is 0.497 e. The van der Waals surface area contributed by atoms with E-state index in [9.17, 15) is 4.79 Å². The molecule has 24 heavy (non-hydrogen) atoms. The molecule has 1 aromatic carbocycles. The molecule has 0 atom stereocenters. The van der Waals surface area contributed by atoms with Gasteiger partial charge in [-0.2, -0.15) is 0 Å². The van der Waals surface area contributed by atoms with Gasteiger partial charge < -0.3 is 10.1 Å². The van der Waals surface area contributed by atoms with Crippen molar-refractivity contribution < 1.29 is 9.53 Å². The van der Waals surface area contributed by atoms with Gasteiger partial charge in [0.1, 0.15) is 5.75 Å². The molecule has 0 saturated heterocycles. The highest BCUT2D eigenvalue weighted by Gasteiger charge is 2.36. The quantitative estimate of drug-likeness (QED) is 0.828.